The zero-order chi connectivity index (χ0) is 27.7. The lowest BCUT2D eigenvalue weighted by molar-refractivity contribution is -0.287. The smallest absolute Gasteiger partial charge is 0.331 e. The molecule has 0 aromatic heterocycles. The van der Waals surface area contributed by atoms with Crippen molar-refractivity contribution in [1.29, 1.82) is 0 Å². The van der Waals surface area contributed by atoms with Crippen LogP contribution in [0, 0.1) is 0 Å². The SMILES string of the molecule is COc1ccc(/C=C/C(=O)O[C@H]2[C@@H](OC(=O)/C=C/c3ccc(OC)cc3)[C@H](C)O[C@@H](O)[C@@H]2OC(C)=O)cc1. The Kier molecular flexibility index (Phi) is 10.0. The molecule has 2 aromatic rings. The van der Waals surface area contributed by atoms with Crippen molar-refractivity contribution in [2.24, 2.45) is 0 Å². The zero-order valence-electron chi connectivity index (χ0n) is 21.4. The molecule has 0 saturated carbocycles. The predicted molar refractivity (Wildman–Crippen MR) is 136 cm³/mol. The van der Waals surface area contributed by atoms with E-state index in [1.165, 1.54) is 31.2 Å². The average molecular weight is 527 g/mol. The summed E-state index contributed by atoms with van der Waals surface area (Å²) >= 11 is 0. The minimum absolute atomic E-state index is 0.657. The summed E-state index contributed by atoms with van der Waals surface area (Å²) in [5.41, 5.74) is 1.42. The summed E-state index contributed by atoms with van der Waals surface area (Å²) in [6.07, 6.45) is -1.04. The van der Waals surface area contributed by atoms with Crippen molar-refractivity contribution in [3.05, 3.63) is 71.8 Å². The molecule has 0 unspecified atom stereocenters. The summed E-state index contributed by atoms with van der Waals surface area (Å²) in [7, 11) is 3.09. The van der Waals surface area contributed by atoms with E-state index in [0.29, 0.717) is 17.1 Å². The number of benzene rings is 2. The minimum Gasteiger partial charge on any atom is -0.497 e. The first-order valence-electron chi connectivity index (χ1n) is 11.8. The van der Waals surface area contributed by atoms with E-state index in [0.717, 1.165) is 12.5 Å². The minimum atomic E-state index is -1.61. The van der Waals surface area contributed by atoms with Crippen LogP contribution in [0.1, 0.15) is 25.0 Å². The van der Waals surface area contributed by atoms with Crippen LogP contribution >= 0.6 is 0 Å². The number of aliphatic hydroxyl groups is 1. The summed E-state index contributed by atoms with van der Waals surface area (Å²) in [5, 5.41) is 10.4. The van der Waals surface area contributed by atoms with Gasteiger partial charge in [0.2, 0.25) is 0 Å². The number of ether oxygens (including phenoxy) is 6. The Morgan fingerprint density at radius 1 is 0.737 bits per heavy atom. The fourth-order valence-electron chi connectivity index (χ4n) is 3.71. The number of methoxy groups -OCH3 is 2. The van der Waals surface area contributed by atoms with Gasteiger partial charge in [-0.2, -0.15) is 0 Å². The molecular formula is C28H30O10. The third-order valence-corrected chi connectivity index (χ3v) is 5.61. The second-order valence-electron chi connectivity index (χ2n) is 8.32. The molecule has 1 fully saturated rings. The van der Waals surface area contributed by atoms with Gasteiger partial charge in [0.15, 0.2) is 24.6 Å². The summed E-state index contributed by atoms with van der Waals surface area (Å²) < 4.78 is 31.9. The van der Waals surface area contributed by atoms with Gasteiger partial charge >= 0.3 is 17.9 Å². The monoisotopic (exact) mass is 526 g/mol. The Labute approximate surface area is 220 Å². The van der Waals surface area contributed by atoms with Gasteiger partial charge < -0.3 is 33.5 Å². The van der Waals surface area contributed by atoms with Gasteiger partial charge in [-0.05, 0) is 54.5 Å². The van der Waals surface area contributed by atoms with Gasteiger partial charge in [0.1, 0.15) is 11.5 Å². The molecule has 2 aromatic carbocycles. The molecule has 1 aliphatic heterocycles. The molecule has 5 atom stereocenters. The van der Waals surface area contributed by atoms with Gasteiger partial charge in [0.25, 0.3) is 0 Å². The van der Waals surface area contributed by atoms with E-state index in [9.17, 15) is 19.5 Å². The van der Waals surface area contributed by atoms with Crippen LogP contribution in [0.5, 0.6) is 11.5 Å². The topological polar surface area (TPSA) is 127 Å². The maximum Gasteiger partial charge on any atom is 0.331 e. The van der Waals surface area contributed by atoms with E-state index in [-0.39, 0.29) is 0 Å². The maximum atomic E-state index is 12.7. The Hall–Kier alpha value is -4.15. The van der Waals surface area contributed by atoms with Crippen molar-refractivity contribution in [1.82, 2.24) is 0 Å². The highest BCUT2D eigenvalue weighted by Gasteiger charge is 2.50. The molecule has 0 bridgehead atoms. The Morgan fingerprint density at radius 2 is 1.18 bits per heavy atom. The summed E-state index contributed by atoms with van der Waals surface area (Å²) in [4.78, 5) is 37.0. The van der Waals surface area contributed by atoms with Gasteiger partial charge in [-0.25, -0.2) is 9.59 Å². The molecule has 202 valence electrons. The van der Waals surface area contributed by atoms with Crippen LogP contribution in [0.25, 0.3) is 12.2 Å². The van der Waals surface area contributed by atoms with Crippen LogP contribution in [0.3, 0.4) is 0 Å². The zero-order valence-corrected chi connectivity index (χ0v) is 21.4. The van der Waals surface area contributed by atoms with Crippen LogP contribution < -0.4 is 9.47 Å². The van der Waals surface area contributed by atoms with Crippen LogP contribution in [0.15, 0.2) is 60.7 Å². The van der Waals surface area contributed by atoms with Gasteiger partial charge in [0.05, 0.1) is 20.3 Å². The van der Waals surface area contributed by atoms with Crippen molar-refractivity contribution in [3.8, 4) is 11.5 Å². The molecule has 1 saturated heterocycles. The van der Waals surface area contributed by atoms with E-state index < -0.39 is 48.6 Å². The van der Waals surface area contributed by atoms with Gasteiger partial charge in [-0.3, -0.25) is 4.79 Å². The van der Waals surface area contributed by atoms with E-state index in [2.05, 4.69) is 0 Å². The van der Waals surface area contributed by atoms with E-state index in [1.54, 1.807) is 62.8 Å². The van der Waals surface area contributed by atoms with Crippen molar-refractivity contribution in [2.75, 3.05) is 14.2 Å². The molecule has 0 spiro atoms. The van der Waals surface area contributed by atoms with Gasteiger partial charge in [-0.1, -0.05) is 24.3 Å². The lowest BCUT2D eigenvalue weighted by Crippen LogP contribution is -2.60. The van der Waals surface area contributed by atoms with Crippen LogP contribution in [-0.2, 0) is 33.3 Å². The van der Waals surface area contributed by atoms with Crippen LogP contribution in [0.4, 0.5) is 0 Å². The predicted octanol–water partition coefficient (Wildman–Crippen LogP) is 2.92. The van der Waals surface area contributed by atoms with E-state index >= 15 is 0 Å². The normalized spacial score (nSPS) is 23.1. The maximum absolute atomic E-state index is 12.7. The molecule has 0 radical (unpaired) electrons. The standard InChI is InChI=1S/C28H30O10/c1-17-25(37-23(30)15-9-19-5-11-21(33-3)12-6-19)26(27(28(32)35-17)36-18(2)29)38-24(31)16-10-20-7-13-22(34-4)14-8-20/h5-17,25-28,32H,1-4H3/b15-9+,16-10+/t17-,25-,26-,27+,28+/m0/s1. The lowest BCUT2D eigenvalue weighted by atomic mass is 9.99. The highest BCUT2D eigenvalue weighted by atomic mass is 16.7. The van der Waals surface area contributed by atoms with Crippen LogP contribution in [-0.4, -0.2) is 67.9 Å². The third kappa shape index (κ3) is 7.92. The van der Waals surface area contributed by atoms with Gasteiger partial charge in [-0.15, -0.1) is 0 Å². The molecule has 1 aliphatic rings. The number of carbonyl (C=O) groups excluding carboxylic acids is 3. The first-order chi connectivity index (χ1) is 18.2. The van der Waals surface area contributed by atoms with Crippen LogP contribution in [0.2, 0.25) is 0 Å². The molecule has 3 rings (SSSR count). The fraction of sp³-hybridized carbons (Fsp3) is 0.321. The summed E-state index contributed by atoms with van der Waals surface area (Å²) in [6, 6.07) is 13.9. The Morgan fingerprint density at radius 3 is 1.61 bits per heavy atom. The number of rotatable bonds is 9. The first-order valence-corrected chi connectivity index (χ1v) is 11.8. The number of hydrogen-bond donors (Lipinski definition) is 1. The molecular weight excluding hydrogens is 496 g/mol. The molecule has 38 heavy (non-hydrogen) atoms. The lowest BCUT2D eigenvalue weighted by Gasteiger charge is -2.41. The molecule has 0 amide bonds. The Balaban J connectivity index is 1.76. The Bertz CT molecular complexity index is 1150. The van der Waals surface area contributed by atoms with Gasteiger partial charge in [0, 0.05) is 19.1 Å². The molecule has 1 N–H and O–H groups in total. The van der Waals surface area contributed by atoms with Crippen molar-refractivity contribution >= 4 is 30.1 Å². The summed E-state index contributed by atoms with van der Waals surface area (Å²) in [5.74, 6) is -0.983. The van der Waals surface area contributed by atoms with Crippen molar-refractivity contribution in [3.63, 3.8) is 0 Å². The third-order valence-electron chi connectivity index (χ3n) is 5.61. The molecule has 0 aliphatic carbocycles. The number of aliphatic hydroxyl groups excluding tert-OH is 1. The number of hydrogen-bond acceptors (Lipinski definition) is 10. The quantitative estimate of drug-likeness (QED) is 0.296. The molecule has 10 heteroatoms. The van der Waals surface area contributed by atoms with Crippen molar-refractivity contribution < 1.29 is 47.9 Å². The summed E-state index contributed by atoms with van der Waals surface area (Å²) in [6.45, 7) is 2.66. The highest BCUT2D eigenvalue weighted by Crippen LogP contribution is 2.28. The first kappa shape index (κ1) is 28.4. The number of carbonyl (C=O) groups is 3. The molecule has 10 nitrogen and oxygen atoms in total. The second-order valence-corrected chi connectivity index (χ2v) is 8.32. The van der Waals surface area contributed by atoms with E-state index in [4.69, 9.17) is 28.4 Å². The average Bonchev–Trinajstić information content (AvgIpc) is 2.91. The van der Waals surface area contributed by atoms with E-state index in [1.807, 2.05) is 0 Å². The number of esters is 3. The largest absolute Gasteiger partial charge is 0.497 e. The van der Waals surface area contributed by atoms with Crippen molar-refractivity contribution in [2.45, 2.75) is 44.6 Å². The highest BCUT2D eigenvalue weighted by molar-refractivity contribution is 5.88. The second kappa shape index (κ2) is 13.4. The fourth-order valence-corrected chi connectivity index (χ4v) is 3.71. The molecule has 1 heterocycles.